The summed E-state index contributed by atoms with van der Waals surface area (Å²) in [6.07, 6.45) is 1.62. The third kappa shape index (κ3) is 4.86. The Bertz CT molecular complexity index is 1090. The molecule has 0 amide bonds. The van der Waals surface area contributed by atoms with Crippen molar-refractivity contribution in [3.8, 4) is 17.2 Å². The zero-order valence-electron chi connectivity index (χ0n) is 17.6. The predicted octanol–water partition coefficient (Wildman–Crippen LogP) is 4.91. The highest BCUT2D eigenvalue weighted by molar-refractivity contribution is 8.18. The molecule has 0 bridgehead atoms. The molecule has 0 saturated carbocycles. The summed E-state index contributed by atoms with van der Waals surface area (Å²) in [7, 11) is 2.89. The average molecular weight is 442 g/mol. The number of ether oxygens (including phenoxy) is 3. The van der Waals surface area contributed by atoms with Gasteiger partial charge in [-0.2, -0.15) is 0 Å². The second-order valence-corrected chi connectivity index (χ2v) is 7.61. The molecule has 0 aromatic heterocycles. The Hall–Kier alpha value is -3.39. The van der Waals surface area contributed by atoms with Crippen molar-refractivity contribution in [1.29, 1.82) is 0 Å². The highest BCUT2D eigenvalue weighted by Crippen LogP contribution is 2.42. The van der Waals surface area contributed by atoms with Crippen LogP contribution in [0.3, 0.4) is 0 Å². The monoisotopic (exact) mass is 441 g/mol. The molecule has 2 aromatic carbocycles. The van der Waals surface area contributed by atoms with Crippen LogP contribution in [-0.2, 0) is 9.53 Å². The van der Waals surface area contributed by atoms with Crippen LogP contribution in [-0.4, -0.2) is 42.1 Å². The Kier molecular flexibility index (Phi) is 6.91. The fourth-order valence-electron chi connectivity index (χ4n) is 2.93. The number of carbonyl (C=O) groups excluding carboxylic acids is 1. The minimum atomic E-state index is -0.656. The van der Waals surface area contributed by atoms with E-state index >= 15 is 0 Å². The molecule has 3 rings (SSSR count). The van der Waals surface area contributed by atoms with E-state index in [0.29, 0.717) is 26.9 Å². The van der Waals surface area contributed by atoms with E-state index in [0.717, 1.165) is 17.3 Å². The number of aryl methyl sites for hydroxylation is 1. The fraction of sp³-hybridized carbons (Fsp3) is 0.217. The summed E-state index contributed by atoms with van der Waals surface area (Å²) in [5.74, 6) is -0.461. The average Bonchev–Trinajstić information content (AvgIpc) is 3.04. The smallest absolute Gasteiger partial charge is 0.344 e. The first-order valence-corrected chi connectivity index (χ1v) is 10.3. The van der Waals surface area contributed by atoms with E-state index in [1.54, 1.807) is 19.1 Å². The minimum absolute atomic E-state index is 0.00312. The number of benzene rings is 2. The molecule has 0 fully saturated rings. The molecule has 0 atom stereocenters. The van der Waals surface area contributed by atoms with E-state index < -0.39 is 5.97 Å². The van der Waals surface area contributed by atoms with Gasteiger partial charge in [0.15, 0.2) is 11.5 Å². The van der Waals surface area contributed by atoms with Crippen LogP contribution in [0.15, 0.2) is 57.6 Å². The normalized spacial score (nSPS) is 16.1. The van der Waals surface area contributed by atoms with Gasteiger partial charge in [0.25, 0.3) is 0 Å². The first-order chi connectivity index (χ1) is 14.9. The molecule has 1 aliphatic heterocycles. The number of hydrogen-bond acceptors (Lipinski definition) is 8. The summed E-state index contributed by atoms with van der Waals surface area (Å²) in [5, 5.41) is 21.3. The van der Waals surface area contributed by atoms with Crippen LogP contribution in [0.2, 0.25) is 0 Å². The first-order valence-electron chi connectivity index (χ1n) is 9.48. The van der Waals surface area contributed by atoms with Crippen molar-refractivity contribution in [2.24, 2.45) is 4.99 Å². The molecule has 7 nitrogen and oxygen atoms in total. The summed E-state index contributed by atoms with van der Waals surface area (Å²) in [6, 6.07) is 10.6. The van der Waals surface area contributed by atoms with Crippen molar-refractivity contribution in [3.63, 3.8) is 0 Å². The number of esters is 1. The Morgan fingerprint density at radius 2 is 1.84 bits per heavy atom. The second-order valence-electron chi connectivity index (χ2n) is 6.58. The summed E-state index contributed by atoms with van der Waals surface area (Å²) in [6.45, 7) is 3.83. The lowest BCUT2D eigenvalue weighted by molar-refractivity contribution is -0.138. The molecule has 162 valence electrons. The molecular formula is C23H23NO6S. The number of carbonyl (C=O) groups is 1. The third-order valence-corrected chi connectivity index (χ3v) is 5.43. The van der Waals surface area contributed by atoms with Crippen LogP contribution in [0.5, 0.6) is 17.2 Å². The molecule has 2 N–H and O–H groups in total. The predicted molar refractivity (Wildman–Crippen MR) is 121 cm³/mol. The van der Waals surface area contributed by atoms with Crippen LogP contribution >= 0.6 is 11.8 Å². The number of aliphatic imine (C=N–C) groups is 1. The van der Waals surface area contributed by atoms with Gasteiger partial charge >= 0.3 is 5.97 Å². The lowest BCUT2D eigenvalue weighted by Crippen LogP contribution is -2.12. The molecule has 0 saturated heterocycles. The van der Waals surface area contributed by atoms with Crippen LogP contribution in [0.1, 0.15) is 18.1 Å². The highest BCUT2D eigenvalue weighted by Gasteiger charge is 2.33. The van der Waals surface area contributed by atoms with Crippen molar-refractivity contribution in [2.75, 3.05) is 20.8 Å². The zero-order chi connectivity index (χ0) is 22.5. The van der Waals surface area contributed by atoms with Gasteiger partial charge < -0.3 is 24.4 Å². The van der Waals surface area contributed by atoms with E-state index in [-0.39, 0.29) is 29.4 Å². The number of hydrogen-bond donors (Lipinski definition) is 2. The van der Waals surface area contributed by atoms with Crippen molar-refractivity contribution in [3.05, 3.63) is 63.8 Å². The Balaban J connectivity index is 2.06. The number of rotatable bonds is 6. The number of methoxy groups -OCH3 is 2. The first kappa shape index (κ1) is 22.3. The number of aliphatic hydroxyl groups is 1. The van der Waals surface area contributed by atoms with Gasteiger partial charge in [-0.15, -0.1) is 0 Å². The van der Waals surface area contributed by atoms with Crippen molar-refractivity contribution >= 4 is 34.5 Å². The lowest BCUT2D eigenvalue weighted by Gasteiger charge is -2.10. The SMILES string of the molecule is CCOC(=O)C1=C(O)C(=Cc2cc(O)c(OC)c(OC)c2)SC1=Nc1ccc(C)cc1. The Morgan fingerprint density at radius 1 is 1.13 bits per heavy atom. The number of phenolic OH excluding ortho intramolecular Hbond substituents is 1. The number of thioether (sulfide) groups is 1. The summed E-state index contributed by atoms with van der Waals surface area (Å²) < 4.78 is 15.5. The topological polar surface area (TPSA) is 97.6 Å². The number of phenols is 1. The van der Waals surface area contributed by atoms with Gasteiger partial charge in [0, 0.05) is 0 Å². The van der Waals surface area contributed by atoms with Gasteiger partial charge in [-0.05, 0) is 49.8 Å². The largest absolute Gasteiger partial charge is 0.506 e. The molecular weight excluding hydrogens is 418 g/mol. The molecule has 0 radical (unpaired) electrons. The Labute approximate surface area is 184 Å². The maximum atomic E-state index is 12.5. The van der Waals surface area contributed by atoms with Gasteiger partial charge in [-0.25, -0.2) is 9.79 Å². The molecule has 2 aromatic rings. The summed E-state index contributed by atoms with van der Waals surface area (Å²) in [5.41, 5.74) is 2.28. The lowest BCUT2D eigenvalue weighted by atomic mass is 10.1. The molecule has 1 heterocycles. The van der Waals surface area contributed by atoms with Gasteiger partial charge in [-0.3, -0.25) is 0 Å². The van der Waals surface area contributed by atoms with Crippen molar-refractivity contribution in [1.82, 2.24) is 0 Å². The van der Waals surface area contributed by atoms with Gasteiger partial charge in [0.2, 0.25) is 5.75 Å². The minimum Gasteiger partial charge on any atom is -0.506 e. The van der Waals surface area contributed by atoms with Crippen molar-refractivity contribution < 1.29 is 29.2 Å². The standard InChI is InChI=1S/C23H23NO6S/c1-5-30-23(27)19-20(26)18(31-22(19)24-15-8-6-13(2)7-9-15)12-14-10-16(25)21(29-4)17(11-14)28-3/h6-12,25-26H,5H2,1-4H3. The maximum absolute atomic E-state index is 12.5. The van der Waals surface area contributed by atoms with Crippen LogP contribution in [0.25, 0.3) is 6.08 Å². The van der Waals surface area contributed by atoms with E-state index in [9.17, 15) is 15.0 Å². The van der Waals surface area contributed by atoms with Crippen LogP contribution in [0.4, 0.5) is 5.69 Å². The molecule has 0 spiro atoms. The van der Waals surface area contributed by atoms with E-state index in [2.05, 4.69) is 4.99 Å². The summed E-state index contributed by atoms with van der Waals surface area (Å²) >= 11 is 1.14. The molecule has 0 aliphatic carbocycles. The molecule has 0 unspecified atom stereocenters. The van der Waals surface area contributed by atoms with Crippen LogP contribution < -0.4 is 9.47 Å². The van der Waals surface area contributed by atoms with Gasteiger partial charge in [-0.1, -0.05) is 29.5 Å². The second kappa shape index (κ2) is 9.61. The summed E-state index contributed by atoms with van der Waals surface area (Å²) in [4.78, 5) is 17.4. The number of aromatic hydroxyl groups is 1. The van der Waals surface area contributed by atoms with E-state index in [4.69, 9.17) is 14.2 Å². The molecule has 31 heavy (non-hydrogen) atoms. The third-order valence-electron chi connectivity index (χ3n) is 4.41. The highest BCUT2D eigenvalue weighted by atomic mass is 32.2. The molecule has 1 aliphatic rings. The molecule has 8 heteroatoms. The number of aliphatic hydroxyl groups excluding tert-OH is 1. The Morgan fingerprint density at radius 3 is 2.45 bits per heavy atom. The zero-order valence-corrected chi connectivity index (χ0v) is 18.4. The van der Waals surface area contributed by atoms with Crippen molar-refractivity contribution in [2.45, 2.75) is 13.8 Å². The number of nitrogens with zero attached hydrogens (tertiary/aromatic N) is 1. The van der Waals surface area contributed by atoms with E-state index in [1.807, 2.05) is 31.2 Å². The van der Waals surface area contributed by atoms with Gasteiger partial charge in [0.05, 0.1) is 31.4 Å². The van der Waals surface area contributed by atoms with E-state index in [1.165, 1.54) is 20.3 Å². The fourth-order valence-corrected chi connectivity index (χ4v) is 3.96. The van der Waals surface area contributed by atoms with Gasteiger partial charge in [0.1, 0.15) is 16.4 Å². The quantitative estimate of drug-likeness (QED) is 0.615. The maximum Gasteiger partial charge on any atom is 0.344 e. The van der Waals surface area contributed by atoms with Crippen LogP contribution in [0, 0.1) is 6.92 Å².